The lowest BCUT2D eigenvalue weighted by molar-refractivity contribution is 0.0453. The van der Waals surface area contributed by atoms with E-state index in [9.17, 15) is 9.59 Å². The Morgan fingerprint density at radius 3 is 2.95 bits per heavy atom. The van der Waals surface area contributed by atoms with Gasteiger partial charge in [-0.15, -0.1) is 0 Å². The number of hydrogen-bond acceptors (Lipinski definition) is 6. The smallest absolute Gasteiger partial charge is 0.374 e. The molecule has 0 aliphatic carbocycles. The molecule has 3 rings (SSSR count). The Hall–Kier alpha value is -3.09. The van der Waals surface area contributed by atoms with Crippen LogP contribution < -0.4 is 0 Å². The molecule has 0 saturated heterocycles. The van der Waals surface area contributed by atoms with Crippen LogP contribution in [-0.2, 0) is 16.1 Å². The maximum atomic E-state index is 12.1. The van der Waals surface area contributed by atoms with Crippen molar-refractivity contribution < 1.29 is 23.5 Å². The van der Waals surface area contributed by atoms with Crippen LogP contribution in [0.3, 0.4) is 0 Å². The number of carbonyl (C=O) groups excluding carboxylic acids is 2. The van der Waals surface area contributed by atoms with Crippen LogP contribution in [-0.4, -0.2) is 29.2 Å². The Balaban J connectivity index is 1.72. The van der Waals surface area contributed by atoms with E-state index >= 15 is 0 Å². The van der Waals surface area contributed by atoms with Gasteiger partial charge in [0.25, 0.3) is 0 Å². The summed E-state index contributed by atoms with van der Waals surface area (Å²) in [5.41, 5.74) is 1.58. The second kappa shape index (κ2) is 5.72. The normalized spacial score (nSPS) is 10.6. The number of ether oxygens (including phenoxy) is 2. The van der Waals surface area contributed by atoms with Crippen molar-refractivity contribution in [3.05, 3.63) is 53.6 Å². The number of furan rings is 1. The van der Waals surface area contributed by atoms with Crippen LogP contribution in [0.25, 0.3) is 10.9 Å². The monoisotopic (exact) mass is 300 g/mol. The molecule has 0 radical (unpaired) electrons. The van der Waals surface area contributed by atoms with Gasteiger partial charge in [0.2, 0.25) is 5.76 Å². The number of nitrogens with zero attached hydrogens (tertiary/aromatic N) is 1. The summed E-state index contributed by atoms with van der Waals surface area (Å²) in [6.45, 7) is -0.0826. The van der Waals surface area contributed by atoms with Crippen LogP contribution in [0.4, 0.5) is 0 Å². The molecule has 0 fully saturated rings. The Morgan fingerprint density at radius 2 is 2.14 bits per heavy atom. The number of methoxy groups -OCH3 is 1. The first kappa shape index (κ1) is 13.9. The summed E-state index contributed by atoms with van der Waals surface area (Å²) in [5.74, 6) is -1.09. The molecule has 0 aliphatic heterocycles. The summed E-state index contributed by atoms with van der Waals surface area (Å²) in [4.78, 5) is 23.5. The minimum Gasteiger partial charge on any atom is -0.463 e. The van der Waals surface area contributed by atoms with Crippen LogP contribution in [0.15, 0.2) is 41.1 Å². The third-order valence-corrected chi connectivity index (χ3v) is 3.15. The van der Waals surface area contributed by atoms with Crippen LogP contribution in [0.5, 0.6) is 0 Å². The molecule has 0 atom stereocenters. The van der Waals surface area contributed by atoms with Crippen LogP contribution in [0.2, 0.25) is 0 Å². The largest absolute Gasteiger partial charge is 0.463 e. The number of nitrogens with one attached hydrogen (secondary N) is 1. The molecule has 22 heavy (non-hydrogen) atoms. The van der Waals surface area contributed by atoms with E-state index in [4.69, 9.17) is 9.15 Å². The number of aromatic amines is 1. The minimum atomic E-state index is -0.616. The molecule has 3 aromatic rings. The number of hydrogen-bond donors (Lipinski definition) is 1. The lowest BCUT2D eigenvalue weighted by atomic mass is 10.2. The van der Waals surface area contributed by atoms with Gasteiger partial charge in [0, 0.05) is 10.9 Å². The molecule has 0 saturated carbocycles. The Morgan fingerprint density at radius 1 is 1.27 bits per heavy atom. The van der Waals surface area contributed by atoms with Gasteiger partial charge in [0.15, 0.2) is 0 Å². The maximum absolute atomic E-state index is 12.1. The van der Waals surface area contributed by atoms with E-state index in [1.54, 1.807) is 30.5 Å². The number of aromatic nitrogens is 2. The lowest BCUT2D eigenvalue weighted by Gasteiger charge is -2.05. The van der Waals surface area contributed by atoms with Gasteiger partial charge in [-0.05, 0) is 18.2 Å². The molecular formula is C15H12N2O5. The highest BCUT2D eigenvalue weighted by atomic mass is 16.5. The third-order valence-electron chi connectivity index (χ3n) is 3.15. The van der Waals surface area contributed by atoms with Gasteiger partial charge in [-0.3, -0.25) is 5.10 Å². The summed E-state index contributed by atoms with van der Waals surface area (Å²) in [6.07, 6.45) is 3.00. The summed E-state index contributed by atoms with van der Waals surface area (Å²) in [6, 6.07) is 6.63. The van der Waals surface area contributed by atoms with Crippen molar-refractivity contribution >= 4 is 22.8 Å². The van der Waals surface area contributed by atoms with E-state index in [1.807, 2.05) is 0 Å². The minimum absolute atomic E-state index is 0.0271. The van der Waals surface area contributed by atoms with E-state index in [0.29, 0.717) is 11.1 Å². The number of rotatable bonds is 4. The van der Waals surface area contributed by atoms with Crippen molar-refractivity contribution in [1.29, 1.82) is 0 Å². The topological polar surface area (TPSA) is 94.4 Å². The fourth-order valence-electron chi connectivity index (χ4n) is 2.01. The lowest BCUT2D eigenvalue weighted by Crippen LogP contribution is -2.08. The van der Waals surface area contributed by atoms with Crippen molar-refractivity contribution in [2.75, 3.05) is 7.11 Å². The molecule has 2 aromatic heterocycles. The van der Waals surface area contributed by atoms with Gasteiger partial charge in [0.05, 0.1) is 30.6 Å². The van der Waals surface area contributed by atoms with E-state index in [1.165, 1.54) is 13.4 Å². The van der Waals surface area contributed by atoms with E-state index < -0.39 is 11.9 Å². The van der Waals surface area contributed by atoms with E-state index in [-0.39, 0.29) is 12.4 Å². The van der Waals surface area contributed by atoms with Gasteiger partial charge < -0.3 is 13.9 Å². The first-order chi connectivity index (χ1) is 10.7. The fraction of sp³-hybridized carbons (Fsp3) is 0.133. The van der Waals surface area contributed by atoms with Gasteiger partial charge in [-0.2, -0.15) is 5.10 Å². The first-order valence-electron chi connectivity index (χ1n) is 6.44. The molecule has 1 N–H and O–H groups in total. The molecule has 112 valence electrons. The van der Waals surface area contributed by atoms with E-state index in [0.717, 1.165) is 10.9 Å². The second-order valence-electron chi connectivity index (χ2n) is 4.51. The zero-order valence-corrected chi connectivity index (χ0v) is 11.7. The van der Waals surface area contributed by atoms with Gasteiger partial charge in [0.1, 0.15) is 6.61 Å². The molecule has 0 amide bonds. The Kier molecular flexibility index (Phi) is 3.61. The molecule has 0 unspecified atom stereocenters. The first-order valence-corrected chi connectivity index (χ1v) is 6.44. The number of carbonyl (C=O) groups is 2. The molecule has 1 aromatic carbocycles. The fourth-order valence-corrected chi connectivity index (χ4v) is 2.01. The van der Waals surface area contributed by atoms with Crippen molar-refractivity contribution in [3.8, 4) is 0 Å². The van der Waals surface area contributed by atoms with E-state index in [2.05, 4.69) is 14.9 Å². The average molecular weight is 300 g/mol. The SMILES string of the molecule is COC(=O)c1occc1COC(=O)c1ccc2cn[nH]c2c1. The van der Waals surface area contributed by atoms with Crippen LogP contribution >= 0.6 is 0 Å². The highest BCUT2D eigenvalue weighted by Gasteiger charge is 2.17. The quantitative estimate of drug-likeness (QED) is 0.743. The second-order valence-corrected chi connectivity index (χ2v) is 4.51. The predicted octanol–water partition coefficient (Wildman–Crippen LogP) is 2.30. The molecule has 2 heterocycles. The summed E-state index contributed by atoms with van der Waals surface area (Å²) in [5, 5.41) is 7.57. The maximum Gasteiger partial charge on any atom is 0.374 e. The highest BCUT2D eigenvalue weighted by Crippen LogP contribution is 2.16. The highest BCUT2D eigenvalue weighted by molar-refractivity contribution is 5.94. The van der Waals surface area contributed by atoms with Gasteiger partial charge in [-0.25, -0.2) is 9.59 Å². The van der Waals surface area contributed by atoms with Gasteiger partial charge in [-0.1, -0.05) is 6.07 Å². The predicted molar refractivity (Wildman–Crippen MR) is 75.3 cm³/mol. The zero-order chi connectivity index (χ0) is 15.5. The number of H-pyrrole nitrogens is 1. The van der Waals surface area contributed by atoms with Crippen LogP contribution in [0, 0.1) is 0 Å². The zero-order valence-electron chi connectivity index (χ0n) is 11.7. The number of fused-ring (bicyclic) bond motifs is 1. The summed E-state index contributed by atoms with van der Waals surface area (Å²) in [7, 11) is 1.25. The van der Waals surface area contributed by atoms with Crippen molar-refractivity contribution in [2.45, 2.75) is 6.61 Å². The van der Waals surface area contributed by atoms with Crippen LogP contribution in [0.1, 0.15) is 26.5 Å². The molecule has 0 aliphatic rings. The Bertz CT molecular complexity index is 833. The Labute approximate surface area is 124 Å². The van der Waals surface area contributed by atoms with Crippen molar-refractivity contribution in [2.24, 2.45) is 0 Å². The molecule has 7 nitrogen and oxygen atoms in total. The number of benzene rings is 1. The third kappa shape index (κ3) is 2.56. The summed E-state index contributed by atoms with van der Waals surface area (Å²) >= 11 is 0. The number of esters is 2. The van der Waals surface area contributed by atoms with Crippen molar-refractivity contribution in [1.82, 2.24) is 10.2 Å². The molecule has 7 heteroatoms. The van der Waals surface area contributed by atoms with Gasteiger partial charge >= 0.3 is 11.9 Å². The standard InChI is InChI=1S/C15H12N2O5/c1-20-15(19)13-11(4-5-21-13)8-22-14(18)9-2-3-10-7-16-17-12(10)6-9/h2-7H,8H2,1H3,(H,16,17). The molecular weight excluding hydrogens is 288 g/mol. The molecule has 0 bridgehead atoms. The summed E-state index contributed by atoms with van der Waals surface area (Å²) < 4.78 is 14.8. The van der Waals surface area contributed by atoms with Crippen molar-refractivity contribution in [3.63, 3.8) is 0 Å². The average Bonchev–Trinajstić information content (AvgIpc) is 3.19. The molecule has 0 spiro atoms.